The molecule has 1 aliphatic rings. The summed E-state index contributed by atoms with van der Waals surface area (Å²) in [5, 5.41) is 1.17. The third-order valence-corrected chi connectivity index (χ3v) is 6.99. The summed E-state index contributed by atoms with van der Waals surface area (Å²) in [7, 11) is 0. The van der Waals surface area contributed by atoms with Crippen molar-refractivity contribution in [2.75, 3.05) is 13.1 Å². The maximum Gasteiger partial charge on any atom is 0.223 e. The van der Waals surface area contributed by atoms with Crippen LogP contribution in [0.3, 0.4) is 0 Å². The first-order valence-corrected chi connectivity index (χ1v) is 12.2. The monoisotopic (exact) mass is 454 g/mol. The Morgan fingerprint density at radius 3 is 2.47 bits per heavy atom. The average Bonchev–Trinajstić information content (AvgIpc) is 3.22. The minimum Gasteiger partial charge on any atom is -0.343 e. The molecule has 2 heterocycles. The fourth-order valence-corrected chi connectivity index (χ4v) is 5.21. The van der Waals surface area contributed by atoms with Gasteiger partial charge in [-0.1, -0.05) is 60.2 Å². The van der Waals surface area contributed by atoms with Crippen LogP contribution in [0.1, 0.15) is 53.9 Å². The summed E-state index contributed by atoms with van der Waals surface area (Å²) >= 11 is 0. The van der Waals surface area contributed by atoms with Crippen molar-refractivity contribution in [2.24, 2.45) is 0 Å². The molecule has 0 aliphatic carbocycles. The van der Waals surface area contributed by atoms with Gasteiger partial charge in [-0.05, 0) is 61.1 Å². The van der Waals surface area contributed by atoms with Gasteiger partial charge in [-0.3, -0.25) is 4.79 Å². The zero-order chi connectivity index (χ0) is 23.5. The number of amides is 1. The van der Waals surface area contributed by atoms with Gasteiger partial charge in [0, 0.05) is 49.1 Å². The molecule has 4 aromatic rings. The first-order valence-electron chi connectivity index (χ1n) is 12.2. The largest absolute Gasteiger partial charge is 0.343 e. The number of nitrogens with zero attached hydrogens (tertiary/aromatic N) is 2. The molecule has 0 saturated carbocycles. The third-order valence-electron chi connectivity index (χ3n) is 6.99. The summed E-state index contributed by atoms with van der Waals surface area (Å²) in [5.74, 6) is -0.00666. The number of rotatable bonds is 6. The van der Waals surface area contributed by atoms with Crippen LogP contribution < -0.4 is 0 Å². The number of carbonyl (C=O) groups is 1. The molecule has 1 fully saturated rings. The van der Waals surface area contributed by atoms with E-state index in [1.807, 2.05) is 23.1 Å². The number of hydrogen-bond donors (Lipinski definition) is 0. The van der Waals surface area contributed by atoms with Gasteiger partial charge >= 0.3 is 0 Å². The first-order chi connectivity index (χ1) is 16.6. The van der Waals surface area contributed by atoms with Crippen LogP contribution in [0.25, 0.3) is 10.9 Å². The molecule has 1 aliphatic heterocycles. The van der Waals surface area contributed by atoms with Crippen molar-refractivity contribution < 1.29 is 9.18 Å². The van der Waals surface area contributed by atoms with Gasteiger partial charge in [0.2, 0.25) is 5.91 Å². The van der Waals surface area contributed by atoms with Crippen LogP contribution in [0.5, 0.6) is 0 Å². The van der Waals surface area contributed by atoms with E-state index in [0.717, 1.165) is 37.0 Å². The Bertz CT molecular complexity index is 1280. The van der Waals surface area contributed by atoms with E-state index in [1.54, 1.807) is 0 Å². The number of aryl methyl sites for hydroxylation is 1. The number of fused-ring (bicyclic) bond motifs is 1. The molecule has 5 rings (SSSR count). The van der Waals surface area contributed by atoms with Crippen molar-refractivity contribution in [3.63, 3.8) is 0 Å². The second-order valence-electron chi connectivity index (χ2n) is 9.47. The minimum absolute atomic E-state index is 0.0197. The molecule has 34 heavy (non-hydrogen) atoms. The lowest BCUT2D eigenvalue weighted by molar-refractivity contribution is -0.132. The van der Waals surface area contributed by atoms with Gasteiger partial charge in [-0.2, -0.15) is 0 Å². The Balaban J connectivity index is 1.56. The molecule has 0 bridgehead atoms. The summed E-state index contributed by atoms with van der Waals surface area (Å²) in [6.45, 7) is 4.49. The Hall–Kier alpha value is -3.40. The number of carbonyl (C=O) groups excluding carboxylic acids is 1. The molecular formula is C30H31FN2O. The van der Waals surface area contributed by atoms with Gasteiger partial charge in [0.05, 0.1) is 0 Å². The lowest BCUT2D eigenvalue weighted by Gasteiger charge is -2.28. The topological polar surface area (TPSA) is 25.2 Å². The van der Waals surface area contributed by atoms with E-state index in [0.29, 0.717) is 13.0 Å². The maximum atomic E-state index is 13.4. The van der Waals surface area contributed by atoms with Gasteiger partial charge in [-0.15, -0.1) is 0 Å². The van der Waals surface area contributed by atoms with E-state index in [-0.39, 0.29) is 17.6 Å². The van der Waals surface area contributed by atoms with Crippen LogP contribution >= 0.6 is 0 Å². The smallest absolute Gasteiger partial charge is 0.223 e. The molecule has 1 amide bonds. The average molecular weight is 455 g/mol. The second kappa shape index (κ2) is 9.84. The number of benzene rings is 3. The first kappa shape index (κ1) is 22.4. The van der Waals surface area contributed by atoms with E-state index in [4.69, 9.17) is 0 Å². The lowest BCUT2D eigenvalue weighted by Crippen LogP contribution is -2.36. The quantitative estimate of drug-likeness (QED) is 0.319. The SMILES string of the molecule is Cc1cccc([C@@H](CC(=O)N2CCCCC2)c2cn(Cc3ccc(F)cc3)c3ccccc23)c1. The fraction of sp³-hybridized carbons (Fsp3) is 0.300. The number of para-hydroxylation sites is 1. The van der Waals surface area contributed by atoms with Gasteiger partial charge in [0.1, 0.15) is 5.82 Å². The molecule has 0 radical (unpaired) electrons. The zero-order valence-corrected chi connectivity index (χ0v) is 19.7. The standard InChI is InChI=1S/C30H31FN2O/c1-22-8-7-9-24(18-22)27(19-30(34)32-16-5-2-6-17-32)28-21-33(29-11-4-3-10-26(28)29)20-23-12-14-25(31)15-13-23/h3-4,7-15,18,21,27H,2,5-6,16-17,19-20H2,1H3/t27-/m1/s1. The normalized spacial score (nSPS) is 14.9. The van der Waals surface area contributed by atoms with Crippen molar-refractivity contribution in [2.45, 2.75) is 45.1 Å². The predicted molar refractivity (Wildman–Crippen MR) is 136 cm³/mol. The Labute approximate surface area is 200 Å². The van der Waals surface area contributed by atoms with Crippen LogP contribution in [0.4, 0.5) is 4.39 Å². The van der Waals surface area contributed by atoms with E-state index < -0.39 is 0 Å². The van der Waals surface area contributed by atoms with Crippen molar-refractivity contribution in [3.05, 3.63) is 107 Å². The van der Waals surface area contributed by atoms with Gasteiger partial charge in [0.15, 0.2) is 0 Å². The zero-order valence-electron chi connectivity index (χ0n) is 19.7. The molecule has 174 valence electrons. The molecular weight excluding hydrogens is 423 g/mol. The highest BCUT2D eigenvalue weighted by Gasteiger charge is 2.26. The van der Waals surface area contributed by atoms with Crippen LogP contribution in [-0.4, -0.2) is 28.5 Å². The molecule has 0 spiro atoms. The number of likely N-dealkylation sites (tertiary alicyclic amines) is 1. The van der Waals surface area contributed by atoms with Crippen molar-refractivity contribution in [1.29, 1.82) is 0 Å². The number of piperidine rings is 1. The van der Waals surface area contributed by atoms with Gasteiger partial charge < -0.3 is 9.47 Å². The molecule has 4 heteroatoms. The fourth-order valence-electron chi connectivity index (χ4n) is 5.21. The Kier molecular flexibility index (Phi) is 6.48. The van der Waals surface area contributed by atoms with Gasteiger partial charge in [0.25, 0.3) is 0 Å². The number of hydrogen-bond acceptors (Lipinski definition) is 1. The third kappa shape index (κ3) is 4.77. The molecule has 3 nitrogen and oxygen atoms in total. The molecule has 0 unspecified atom stereocenters. The van der Waals surface area contributed by atoms with Crippen molar-refractivity contribution in [1.82, 2.24) is 9.47 Å². The lowest BCUT2D eigenvalue weighted by atomic mass is 9.87. The number of halogens is 1. The molecule has 1 aromatic heterocycles. The highest BCUT2D eigenvalue weighted by atomic mass is 19.1. The molecule has 1 saturated heterocycles. The summed E-state index contributed by atoms with van der Waals surface area (Å²) < 4.78 is 15.7. The molecule has 0 N–H and O–H groups in total. The van der Waals surface area contributed by atoms with Crippen LogP contribution in [0.2, 0.25) is 0 Å². The summed E-state index contributed by atoms with van der Waals surface area (Å²) in [6.07, 6.45) is 6.07. The van der Waals surface area contributed by atoms with Crippen molar-refractivity contribution >= 4 is 16.8 Å². The van der Waals surface area contributed by atoms with Gasteiger partial charge in [-0.25, -0.2) is 4.39 Å². The summed E-state index contributed by atoms with van der Waals surface area (Å²) in [5.41, 5.74) is 5.72. The van der Waals surface area contributed by atoms with Crippen molar-refractivity contribution in [3.8, 4) is 0 Å². The maximum absolute atomic E-state index is 13.4. The van der Waals surface area contributed by atoms with E-state index >= 15 is 0 Å². The number of aromatic nitrogens is 1. The predicted octanol–water partition coefficient (Wildman–Crippen LogP) is 6.67. The highest BCUT2D eigenvalue weighted by Crippen LogP contribution is 2.36. The van der Waals surface area contributed by atoms with E-state index in [9.17, 15) is 9.18 Å². The minimum atomic E-state index is -0.225. The summed E-state index contributed by atoms with van der Waals surface area (Å²) in [6, 6.07) is 23.6. The summed E-state index contributed by atoms with van der Waals surface area (Å²) in [4.78, 5) is 15.4. The van der Waals surface area contributed by atoms with Crippen LogP contribution in [-0.2, 0) is 11.3 Å². The van der Waals surface area contributed by atoms with E-state index in [1.165, 1.54) is 40.6 Å². The Morgan fingerprint density at radius 2 is 1.71 bits per heavy atom. The van der Waals surface area contributed by atoms with Crippen LogP contribution in [0, 0.1) is 12.7 Å². The second-order valence-corrected chi connectivity index (χ2v) is 9.47. The van der Waals surface area contributed by atoms with Crippen LogP contribution in [0.15, 0.2) is 79.0 Å². The van der Waals surface area contributed by atoms with E-state index in [2.05, 4.69) is 60.2 Å². The molecule has 3 aromatic carbocycles. The highest BCUT2D eigenvalue weighted by molar-refractivity contribution is 5.87. The Morgan fingerprint density at radius 1 is 0.941 bits per heavy atom. The molecule has 1 atom stereocenters.